The molecule has 2 heterocycles. The Morgan fingerprint density at radius 3 is 2.84 bits per heavy atom. The van der Waals surface area contributed by atoms with Crippen LogP contribution in [-0.4, -0.2) is 59.5 Å². The molecule has 0 unspecified atom stereocenters. The molecule has 2 aromatic rings. The van der Waals surface area contributed by atoms with E-state index in [0.717, 1.165) is 35.5 Å². The molecule has 19 heavy (non-hydrogen) atoms. The summed E-state index contributed by atoms with van der Waals surface area (Å²) >= 11 is 0. The van der Waals surface area contributed by atoms with E-state index in [1.165, 1.54) is 0 Å². The zero-order chi connectivity index (χ0) is 13.9. The number of pyridine rings is 1. The number of nitrogens with two attached hydrogens (primary N) is 1. The molecule has 2 rings (SSSR count). The maximum atomic E-state index is 8.99. The van der Waals surface area contributed by atoms with Crippen molar-refractivity contribution in [1.82, 2.24) is 9.61 Å². The second-order valence-corrected chi connectivity index (χ2v) is 5.33. The quantitative estimate of drug-likeness (QED) is 0.660. The molecule has 6 heteroatoms. The average Bonchev–Trinajstić information content (AvgIpc) is 2.67. The fraction of sp³-hybridized carbons (Fsp3) is 0.462. The lowest BCUT2D eigenvalue weighted by Crippen LogP contribution is -2.45. The minimum absolute atomic E-state index is 0.198. The molecule has 0 spiro atoms. The zero-order valence-electron chi connectivity index (χ0n) is 11.5. The molecule has 0 amide bonds. The molecule has 0 aliphatic rings. The molecule has 104 valence electrons. The van der Waals surface area contributed by atoms with Crippen molar-refractivity contribution in [1.29, 1.82) is 0 Å². The largest absolute Gasteiger partial charge is 0.394 e. The topological polar surface area (TPSA) is 75.6 Å². The Hall–Kier alpha value is -1.79. The van der Waals surface area contributed by atoms with E-state index in [-0.39, 0.29) is 6.61 Å². The van der Waals surface area contributed by atoms with Crippen LogP contribution in [-0.2, 0) is 0 Å². The molecule has 0 radical (unpaired) electrons. The van der Waals surface area contributed by atoms with Crippen molar-refractivity contribution in [3.05, 3.63) is 24.4 Å². The van der Waals surface area contributed by atoms with Crippen molar-refractivity contribution in [3.63, 3.8) is 0 Å². The smallest absolute Gasteiger partial charge is 0.172 e. The van der Waals surface area contributed by atoms with Crippen LogP contribution in [0.15, 0.2) is 24.4 Å². The van der Waals surface area contributed by atoms with Gasteiger partial charge in [0.2, 0.25) is 0 Å². The molecule has 0 saturated heterocycles. The minimum atomic E-state index is 0.198. The molecule has 6 nitrogen and oxygen atoms in total. The first-order valence-corrected chi connectivity index (χ1v) is 6.43. The van der Waals surface area contributed by atoms with E-state index in [2.05, 4.69) is 24.5 Å². The molecule has 0 saturated carbocycles. The summed E-state index contributed by atoms with van der Waals surface area (Å²) in [5, 5.41) is 16.7. The molecule has 0 bridgehead atoms. The van der Waals surface area contributed by atoms with E-state index in [1.807, 2.05) is 24.4 Å². The molecule has 0 atom stereocenters. The van der Waals surface area contributed by atoms with Gasteiger partial charge in [-0.2, -0.15) is 0 Å². The van der Waals surface area contributed by atoms with Crippen molar-refractivity contribution in [2.45, 2.75) is 0 Å². The number of aliphatic hydroxyl groups excluding tert-OH is 1. The lowest BCUT2D eigenvalue weighted by atomic mass is 10.3. The van der Waals surface area contributed by atoms with E-state index < -0.39 is 0 Å². The Balaban J connectivity index is 2.00. The second kappa shape index (κ2) is 5.46. The highest BCUT2D eigenvalue weighted by Gasteiger charge is 2.14. The van der Waals surface area contributed by atoms with Crippen LogP contribution in [0.1, 0.15) is 0 Å². The predicted octanol–water partition coefficient (Wildman–Crippen LogP) is 0.397. The van der Waals surface area contributed by atoms with Gasteiger partial charge in [0.15, 0.2) is 5.82 Å². The van der Waals surface area contributed by atoms with E-state index in [0.29, 0.717) is 5.69 Å². The van der Waals surface area contributed by atoms with Gasteiger partial charge >= 0.3 is 0 Å². The molecule has 0 aliphatic heterocycles. The number of aromatic nitrogens is 2. The number of likely N-dealkylation sites (N-methyl/N-ethyl adjacent to an activating group) is 1. The van der Waals surface area contributed by atoms with E-state index >= 15 is 0 Å². The van der Waals surface area contributed by atoms with Gasteiger partial charge in [-0.3, -0.25) is 0 Å². The van der Waals surface area contributed by atoms with Crippen molar-refractivity contribution in [2.24, 2.45) is 0 Å². The van der Waals surface area contributed by atoms with Crippen LogP contribution in [0, 0.1) is 0 Å². The number of nitrogens with one attached hydrogen (secondary N) is 1. The minimum Gasteiger partial charge on any atom is -0.394 e. The maximum Gasteiger partial charge on any atom is 0.172 e. The third-order valence-corrected chi connectivity index (χ3v) is 3.29. The lowest BCUT2D eigenvalue weighted by Gasteiger charge is -2.28. The number of fused-ring (bicyclic) bond motifs is 1. The first kappa shape index (κ1) is 13.6. The fourth-order valence-corrected chi connectivity index (χ4v) is 2.01. The third kappa shape index (κ3) is 3.15. The molecule has 2 aromatic heterocycles. The summed E-state index contributed by atoms with van der Waals surface area (Å²) in [6.07, 6.45) is 1.88. The second-order valence-electron chi connectivity index (χ2n) is 5.33. The summed E-state index contributed by atoms with van der Waals surface area (Å²) < 4.78 is 2.53. The van der Waals surface area contributed by atoms with Crippen LogP contribution in [0.3, 0.4) is 0 Å². The molecular weight excluding hydrogens is 242 g/mol. The highest BCUT2D eigenvalue weighted by molar-refractivity contribution is 5.80. The number of nitrogens with zero attached hydrogens (tertiary/aromatic N) is 3. The molecule has 0 aliphatic carbocycles. The Morgan fingerprint density at radius 2 is 2.16 bits per heavy atom. The van der Waals surface area contributed by atoms with E-state index in [1.54, 1.807) is 4.52 Å². The van der Waals surface area contributed by atoms with Crippen molar-refractivity contribution in [3.8, 4) is 0 Å². The summed E-state index contributed by atoms with van der Waals surface area (Å²) in [5.74, 6) is 0.718. The van der Waals surface area contributed by atoms with Crippen LogP contribution >= 0.6 is 0 Å². The Bertz CT molecular complexity index is 549. The van der Waals surface area contributed by atoms with Gasteiger partial charge < -0.3 is 20.6 Å². The van der Waals surface area contributed by atoms with Crippen LogP contribution in [0.4, 0.5) is 11.5 Å². The number of anilines is 2. The third-order valence-electron chi connectivity index (χ3n) is 3.29. The number of quaternary nitrogens is 1. The summed E-state index contributed by atoms with van der Waals surface area (Å²) in [5.41, 5.74) is 7.64. The lowest BCUT2D eigenvalue weighted by molar-refractivity contribution is -0.888. The average molecular weight is 264 g/mol. The Labute approximate surface area is 113 Å². The van der Waals surface area contributed by atoms with Gasteiger partial charge in [0.1, 0.15) is 12.2 Å². The van der Waals surface area contributed by atoms with Gasteiger partial charge in [-0.1, -0.05) is 6.07 Å². The van der Waals surface area contributed by atoms with Crippen LogP contribution in [0.5, 0.6) is 0 Å². The normalized spacial score (nSPS) is 11.9. The number of nitrogen functional groups attached to an aromatic ring is 1. The van der Waals surface area contributed by atoms with Crippen molar-refractivity contribution >= 4 is 17.0 Å². The molecule has 0 fully saturated rings. The monoisotopic (exact) mass is 264 g/mol. The summed E-state index contributed by atoms with van der Waals surface area (Å²) in [6, 6.07) is 5.81. The van der Waals surface area contributed by atoms with Crippen LogP contribution < -0.4 is 11.1 Å². The number of rotatable bonds is 6. The van der Waals surface area contributed by atoms with Crippen molar-refractivity contribution in [2.75, 3.05) is 51.4 Å². The summed E-state index contributed by atoms with van der Waals surface area (Å²) in [6.45, 7) is 2.60. The van der Waals surface area contributed by atoms with Gasteiger partial charge in [-0.05, 0) is 12.1 Å². The van der Waals surface area contributed by atoms with Crippen molar-refractivity contribution < 1.29 is 9.59 Å². The van der Waals surface area contributed by atoms with Crippen LogP contribution in [0.25, 0.3) is 5.52 Å². The molecule has 4 N–H and O–H groups in total. The highest BCUT2D eigenvalue weighted by Crippen LogP contribution is 2.22. The van der Waals surface area contributed by atoms with Gasteiger partial charge in [0, 0.05) is 6.20 Å². The first-order chi connectivity index (χ1) is 9.03. The zero-order valence-corrected chi connectivity index (χ0v) is 11.5. The van der Waals surface area contributed by atoms with E-state index in [9.17, 15) is 0 Å². The fourth-order valence-electron chi connectivity index (χ4n) is 2.01. The number of hydrogen-bond acceptors (Lipinski definition) is 4. The summed E-state index contributed by atoms with van der Waals surface area (Å²) in [7, 11) is 4.18. The van der Waals surface area contributed by atoms with E-state index in [4.69, 9.17) is 10.8 Å². The number of hydrogen-bond donors (Lipinski definition) is 3. The van der Waals surface area contributed by atoms with Gasteiger partial charge in [-0.25, -0.2) is 4.52 Å². The standard InChI is InChI=1S/C13H22N5O/c1-18(2,9-10-19)8-6-15-13-12(14)11-5-3-4-7-17(11)16-13/h3-5,7,19H,6,8-10,14H2,1-2H3,(H,15,16)/q+1. The maximum absolute atomic E-state index is 8.99. The molecular formula is C13H22N5O+. The predicted molar refractivity (Wildman–Crippen MR) is 77.0 cm³/mol. The van der Waals surface area contributed by atoms with Gasteiger partial charge in [0.05, 0.1) is 39.3 Å². The highest BCUT2D eigenvalue weighted by atomic mass is 16.3. The SMILES string of the molecule is C[N+](C)(CCO)CCNc1nn2ccccc2c1N. The van der Waals surface area contributed by atoms with Crippen LogP contribution in [0.2, 0.25) is 0 Å². The van der Waals surface area contributed by atoms with Gasteiger partial charge in [0.25, 0.3) is 0 Å². The first-order valence-electron chi connectivity index (χ1n) is 6.43. The van der Waals surface area contributed by atoms with Gasteiger partial charge in [-0.15, -0.1) is 5.10 Å². The summed E-state index contributed by atoms with van der Waals surface area (Å²) in [4.78, 5) is 0. The number of aliphatic hydroxyl groups is 1. The molecule has 0 aromatic carbocycles. The Kier molecular flexibility index (Phi) is 3.92. The Morgan fingerprint density at radius 1 is 1.37 bits per heavy atom.